The summed E-state index contributed by atoms with van der Waals surface area (Å²) in [7, 11) is 3.22. The first-order chi connectivity index (χ1) is 14.0. The second-order valence-corrected chi connectivity index (χ2v) is 7.85. The molecule has 3 rings (SSSR count). The maximum Gasteiger partial charge on any atom is 0.159 e. The first-order valence-electron chi connectivity index (χ1n) is 8.96. The van der Waals surface area contributed by atoms with E-state index in [9.17, 15) is 4.79 Å². The van der Waals surface area contributed by atoms with Gasteiger partial charge < -0.3 is 9.47 Å². The zero-order chi connectivity index (χ0) is 20.8. The zero-order valence-electron chi connectivity index (χ0n) is 16.4. The van der Waals surface area contributed by atoms with Gasteiger partial charge in [-0.25, -0.2) is 4.98 Å². The molecule has 0 radical (unpaired) electrons. The highest BCUT2D eigenvalue weighted by Gasteiger charge is 2.15. The number of aliphatic imine (C=N–C) groups is 1. The highest BCUT2D eigenvalue weighted by molar-refractivity contribution is 7.15. The number of thiazole rings is 1. The van der Waals surface area contributed by atoms with Gasteiger partial charge in [-0.05, 0) is 55.0 Å². The van der Waals surface area contributed by atoms with E-state index < -0.39 is 0 Å². The molecule has 0 aliphatic rings. The Morgan fingerprint density at radius 3 is 2.62 bits per heavy atom. The summed E-state index contributed by atoms with van der Waals surface area (Å²) in [4.78, 5) is 22.2. The zero-order valence-corrected chi connectivity index (χ0v) is 18.0. The second-order valence-electron chi connectivity index (χ2n) is 6.33. The highest BCUT2D eigenvalue weighted by Crippen LogP contribution is 2.36. The second kappa shape index (κ2) is 9.67. The van der Waals surface area contributed by atoms with Gasteiger partial charge in [0.15, 0.2) is 5.78 Å². The quantitative estimate of drug-likeness (QED) is 0.472. The van der Waals surface area contributed by atoms with Gasteiger partial charge in [-0.3, -0.25) is 9.79 Å². The minimum absolute atomic E-state index is 0.0381. The molecule has 7 heteroatoms. The summed E-state index contributed by atoms with van der Waals surface area (Å²) in [5, 5.41) is 1.41. The van der Waals surface area contributed by atoms with Crippen molar-refractivity contribution >= 4 is 34.9 Å². The average Bonchev–Trinajstić information content (AvgIpc) is 3.08. The minimum atomic E-state index is 0.0381. The lowest BCUT2D eigenvalue weighted by Crippen LogP contribution is -2.06. The topological polar surface area (TPSA) is 60.8 Å². The smallest absolute Gasteiger partial charge is 0.159 e. The number of hydrogen-bond donors (Lipinski definition) is 0. The van der Waals surface area contributed by atoms with Crippen LogP contribution in [-0.2, 0) is 11.2 Å². The lowest BCUT2D eigenvalue weighted by Gasteiger charge is -2.05. The number of aryl methyl sites for hydroxylation is 1. The first kappa shape index (κ1) is 21.0. The van der Waals surface area contributed by atoms with Gasteiger partial charge >= 0.3 is 0 Å². The maximum absolute atomic E-state index is 12.4. The molecule has 0 amide bonds. The summed E-state index contributed by atoms with van der Waals surface area (Å²) in [5.74, 6) is 1.48. The number of ether oxygens (including phenoxy) is 2. The third-order valence-corrected chi connectivity index (χ3v) is 5.69. The molecular weight excluding hydrogens is 408 g/mol. The number of methoxy groups -OCH3 is 2. The molecule has 29 heavy (non-hydrogen) atoms. The Bertz CT molecular complexity index is 1030. The van der Waals surface area contributed by atoms with E-state index >= 15 is 0 Å². The molecule has 0 saturated carbocycles. The maximum atomic E-state index is 12.4. The van der Waals surface area contributed by atoms with E-state index in [4.69, 9.17) is 21.1 Å². The molecule has 1 heterocycles. The molecule has 0 aliphatic carbocycles. The van der Waals surface area contributed by atoms with Gasteiger partial charge in [0.2, 0.25) is 0 Å². The number of halogens is 1. The molecule has 0 fully saturated rings. The van der Waals surface area contributed by atoms with Gasteiger partial charge in [0, 0.05) is 22.5 Å². The molecule has 1 aromatic heterocycles. The monoisotopic (exact) mass is 428 g/mol. The Hall–Kier alpha value is -2.70. The summed E-state index contributed by atoms with van der Waals surface area (Å²) >= 11 is 7.52. The van der Waals surface area contributed by atoms with Crippen molar-refractivity contribution in [1.82, 2.24) is 4.98 Å². The lowest BCUT2D eigenvalue weighted by molar-refractivity contribution is -0.117. The number of nitrogens with zero attached hydrogens (tertiary/aromatic N) is 2. The Morgan fingerprint density at radius 1 is 1.17 bits per heavy atom. The van der Waals surface area contributed by atoms with Crippen molar-refractivity contribution in [2.75, 3.05) is 20.8 Å². The van der Waals surface area contributed by atoms with Gasteiger partial charge in [-0.1, -0.05) is 11.6 Å². The van der Waals surface area contributed by atoms with Gasteiger partial charge in [-0.15, -0.1) is 11.3 Å². The van der Waals surface area contributed by atoms with Crippen LogP contribution in [0.3, 0.4) is 0 Å². The number of ketones is 1. The van der Waals surface area contributed by atoms with E-state index in [-0.39, 0.29) is 12.3 Å². The molecule has 5 nitrogen and oxygen atoms in total. The molecule has 0 aliphatic heterocycles. The summed E-state index contributed by atoms with van der Waals surface area (Å²) < 4.78 is 10.5. The predicted molar refractivity (Wildman–Crippen MR) is 118 cm³/mol. The van der Waals surface area contributed by atoms with Crippen LogP contribution in [0.25, 0.3) is 10.6 Å². The van der Waals surface area contributed by atoms with Crippen LogP contribution in [-0.4, -0.2) is 37.7 Å². The normalized spacial score (nSPS) is 11.0. The van der Waals surface area contributed by atoms with Gasteiger partial charge in [-0.2, -0.15) is 0 Å². The van der Waals surface area contributed by atoms with E-state index in [1.165, 1.54) is 11.3 Å². The van der Waals surface area contributed by atoms with Crippen LogP contribution in [0, 0.1) is 6.92 Å². The van der Waals surface area contributed by atoms with Gasteiger partial charge in [0.1, 0.15) is 16.5 Å². The number of aromatic nitrogens is 1. The third kappa shape index (κ3) is 5.43. The molecule has 0 bridgehead atoms. The molecule has 3 aromatic rings. The molecule has 0 saturated heterocycles. The Morgan fingerprint density at radius 2 is 1.93 bits per heavy atom. The van der Waals surface area contributed by atoms with Crippen molar-refractivity contribution in [3.05, 3.63) is 63.6 Å². The van der Waals surface area contributed by atoms with Crippen molar-refractivity contribution in [3.63, 3.8) is 0 Å². The molecule has 0 spiro atoms. The number of Topliss-reactive ketones (excluding diaryl/α,β-unsaturated/α-hetero) is 1. The largest absolute Gasteiger partial charge is 0.497 e. The Balaban J connectivity index is 1.66. The fraction of sp³-hybridized carbons (Fsp3) is 0.227. The van der Waals surface area contributed by atoms with Crippen molar-refractivity contribution in [2.45, 2.75) is 13.3 Å². The van der Waals surface area contributed by atoms with E-state index in [0.29, 0.717) is 17.2 Å². The predicted octanol–water partition coefficient (Wildman–Crippen LogP) is 5.02. The number of rotatable bonds is 8. The third-order valence-electron chi connectivity index (χ3n) is 4.27. The van der Waals surface area contributed by atoms with Crippen molar-refractivity contribution in [2.24, 2.45) is 4.99 Å². The van der Waals surface area contributed by atoms with Crippen molar-refractivity contribution in [3.8, 4) is 22.1 Å². The van der Waals surface area contributed by atoms with Crippen LogP contribution >= 0.6 is 22.9 Å². The molecular formula is C22H21ClN2O3S. The van der Waals surface area contributed by atoms with E-state index in [1.54, 1.807) is 32.6 Å². The summed E-state index contributed by atoms with van der Waals surface area (Å²) in [6, 6.07) is 12.9. The number of carbonyl (C=O) groups excluding carboxylic acids is 1. The first-order valence-corrected chi connectivity index (χ1v) is 10.2. The fourth-order valence-electron chi connectivity index (χ4n) is 2.73. The average molecular weight is 429 g/mol. The number of benzene rings is 2. The van der Waals surface area contributed by atoms with Gasteiger partial charge in [0.05, 0.1) is 32.0 Å². The number of carbonyl (C=O) groups is 1. The van der Waals surface area contributed by atoms with Crippen molar-refractivity contribution in [1.29, 1.82) is 0 Å². The van der Waals surface area contributed by atoms with Crippen LogP contribution in [0.15, 0.2) is 47.5 Å². The molecule has 150 valence electrons. The number of hydrogen-bond acceptors (Lipinski definition) is 6. The fourth-order valence-corrected chi connectivity index (χ4v) is 4.01. The highest BCUT2D eigenvalue weighted by atomic mass is 35.5. The SMILES string of the molecule is COc1ccc(C=NCC(=O)Cc2sc(-c3ccc(Cl)cc3OC)nc2C)cc1. The van der Waals surface area contributed by atoms with Crippen LogP contribution < -0.4 is 9.47 Å². The Labute approximate surface area is 179 Å². The van der Waals surface area contributed by atoms with Crippen molar-refractivity contribution < 1.29 is 14.3 Å². The standard InChI is InChI=1S/C22H21ClN2O3S/c1-14-21(29-22(25-14)19-9-6-16(23)10-20(19)28-3)11-17(26)13-24-12-15-4-7-18(27-2)8-5-15/h4-10,12H,11,13H2,1-3H3. The summed E-state index contributed by atoms with van der Waals surface area (Å²) in [6.07, 6.45) is 2.00. The van der Waals surface area contributed by atoms with Crippen LogP contribution in [0.2, 0.25) is 5.02 Å². The molecule has 2 aromatic carbocycles. The molecule has 0 atom stereocenters. The minimum Gasteiger partial charge on any atom is -0.497 e. The van der Waals surface area contributed by atoms with Crippen LogP contribution in [0.1, 0.15) is 16.1 Å². The molecule has 0 N–H and O–H groups in total. The summed E-state index contributed by atoms with van der Waals surface area (Å²) in [5.41, 5.74) is 2.63. The lowest BCUT2D eigenvalue weighted by atomic mass is 10.2. The Kier molecular flexibility index (Phi) is 7.01. The summed E-state index contributed by atoms with van der Waals surface area (Å²) in [6.45, 7) is 2.04. The van der Waals surface area contributed by atoms with Gasteiger partial charge in [0.25, 0.3) is 0 Å². The van der Waals surface area contributed by atoms with E-state index in [1.807, 2.05) is 37.3 Å². The van der Waals surface area contributed by atoms with E-state index in [2.05, 4.69) is 9.98 Å². The van der Waals surface area contributed by atoms with Crippen LogP contribution in [0.5, 0.6) is 11.5 Å². The van der Waals surface area contributed by atoms with E-state index in [0.717, 1.165) is 32.5 Å². The molecule has 0 unspecified atom stereocenters. The van der Waals surface area contributed by atoms with Crippen LogP contribution in [0.4, 0.5) is 0 Å².